The molecule has 0 saturated heterocycles. The first kappa shape index (κ1) is 15.5. The Morgan fingerprint density at radius 1 is 1.24 bits per heavy atom. The zero-order chi connectivity index (χ0) is 14.9. The van der Waals surface area contributed by atoms with E-state index in [1.165, 1.54) is 44.9 Å². The number of halogens is 1. The second-order valence-corrected chi connectivity index (χ2v) is 7.76. The van der Waals surface area contributed by atoms with Gasteiger partial charge in [-0.3, -0.25) is 0 Å². The standard InChI is InChI=1S/C16H23IN2O2/c1-2-12(20)4-3-5-15-6-9-16(10-7-15,11-8-15)13-18-19-14(17)21-13/h2,12,20H,1,3-11H2. The maximum absolute atomic E-state index is 9.60. The van der Waals surface area contributed by atoms with Crippen molar-refractivity contribution in [3.8, 4) is 0 Å². The summed E-state index contributed by atoms with van der Waals surface area (Å²) < 4.78 is 6.37. The fourth-order valence-corrected chi connectivity index (χ4v) is 4.50. The molecule has 2 bridgehead atoms. The van der Waals surface area contributed by atoms with Crippen molar-refractivity contribution in [2.24, 2.45) is 5.41 Å². The average Bonchev–Trinajstić information content (AvgIpc) is 2.96. The summed E-state index contributed by atoms with van der Waals surface area (Å²) in [4.78, 5) is 0. The minimum Gasteiger partial charge on any atom is -0.416 e. The molecule has 3 saturated carbocycles. The van der Waals surface area contributed by atoms with Crippen LogP contribution in [0.5, 0.6) is 0 Å². The lowest BCUT2D eigenvalue weighted by Gasteiger charge is -2.52. The highest BCUT2D eigenvalue weighted by molar-refractivity contribution is 14.1. The van der Waals surface area contributed by atoms with E-state index >= 15 is 0 Å². The molecule has 0 amide bonds. The molecule has 1 heterocycles. The molecule has 3 fully saturated rings. The Balaban J connectivity index is 1.60. The Morgan fingerprint density at radius 2 is 1.90 bits per heavy atom. The van der Waals surface area contributed by atoms with E-state index in [0.29, 0.717) is 9.31 Å². The predicted octanol–water partition coefficient (Wildman–Crippen LogP) is 3.98. The molecule has 1 N–H and O–H groups in total. The summed E-state index contributed by atoms with van der Waals surface area (Å²) >= 11 is 2.09. The highest BCUT2D eigenvalue weighted by Crippen LogP contribution is 2.59. The average molecular weight is 402 g/mol. The molecule has 1 aromatic heterocycles. The minimum atomic E-state index is -0.340. The number of fused-ring (bicyclic) bond motifs is 3. The molecule has 5 heteroatoms. The van der Waals surface area contributed by atoms with Crippen LogP contribution in [0.2, 0.25) is 0 Å². The second kappa shape index (κ2) is 5.99. The van der Waals surface area contributed by atoms with Gasteiger partial charge >= 0.3 is 0 Å². The van der Waals surface area contributed by atoms with Gasteiger partial charge in [0.25, 0.3) is 3.90 Å². The van der Waals surface area contributed by atoms with Crippen LogP contribution < -0.4 is 0 Å². The van der Waals surface area contributed by atoms with Crippen LogP contribution in [0, 0.1) is 9.31 Å². The van der Waals surface area contributed by atoms with E-state index in [-0.39, 0.29) is 11.5 Å². The van der Waals surface area contributed by atoms with Crippen LogP contribution in [0.15, 0.2) is 17.1 Å². The number of aromatic nitrogens is 2. The van der Waals surface area contributed by atoms with Crippen molar-refractivity contribution in [3.63, 3.8) is 0 Å². The zero-order valence-electron chi connectivity index (χ0n) is 12.4. The number of hydrogen-bond donors (Lipinski definition) is 1. The third-order valence-electron chi connectivity index (χ3n) is 5.73. The summed E-state index contributed by atoms with van der Waals surface area (Å²) in [5.41, 5.74) is 0.647. The highest BCUT2D eigenvalue weighted by atomic mass is 127. The lowest BCUT2D eigenvalue weighted by molar-refractivity contribution is 0.0154. The Labute approximate surface area is 139 Å². The van der Waals surface area contributed by atoms with Gasteiger partial charge in [-0.1, -0.05) is 12.5 Å². The molecule has 1 aromatic rings. The summed E-state index contributed by atoms with van der Waals surface area (Å²) in [6.07, 6.45) is 11.8. The number of nitrogens with zero attached hydrogens (tertiary/aromatic N) is 2. The van der Waals surface area contributed by atoms with Gasteiger partial charge in [-0.25, -0.2) is 0 Å². The topological polar surface area (TPSA) is 59.2 Å². The highest BCUT2D eigenvalue weighted by Gasteiger charge is 2.51. The van der Waals surface area contributed by atoms with Crippen LogP contribution >= 0.6 is 22.6 Å². The molecular weight excluding hydrogens is 379 g/mol. The van der Waals surface area contributed by atoms with Gasteiger partial charge in [-0.15, -0.1) is 16.8 Å². The number of aliphatic hydroxyl groups excluding tert-OH is 1. The molecule has 0 aliphatic heterocycles. The van der Waals surface area contributed by atoms with Crippen LogP contribution in [0.4, 0.5) is 0 Å². The van der Waals surface area contributed by atoms with Gasteiger partial charge in [0, 0.05) is 28.0 Å². The van der Waals surface area contributed by atoms with Crippen LogP contribution in [0.25, 0.3) is 0 Å². The number of hydrogen-bond acceptors (Lipinski definition) is 4. The molecule has 3 aliphatic carbocycles. The summed E-state index contributed by atoms with van der Waals surface area (Å²) in [6, 6.07) is 0. The van der Waals surface area contributed by atoms with Crippen LogP contribution in [-0.2, 0) is 5.41 Å². The Kier molecular flexibility index (Phi) is 4.41. The van der Waals surface area contributed by atoms with Crippen molar-refractivity contribution in [2.75, 3.05) is 0 Å². The number of rotatable bonds is 6. The van der Waals surface area contributed by atoms with Gasteiger partial charge in [0.2, 0.25) is 5.89 Å². The van der Waals surface area contributed by atoms with E-state index in [1.54, 1.807) is 6.08 Å². The third-order valence-corrected chi connectivity index (χ3v) is 6.17. The molecule has 1 unspecified atom stereocenters. The van der Waals surface area contributed by atoms with E-state index < -0.39 is 0 Å². The van der Waals surface area contributed by atoms with E-state index in [9.17, 15) is 5.11 Å². The van der Waals surface area contributed by atoms with Crippen molar-refractivity contribution < 1.29 is 9.52 Å². The van der Waals surface area contributed by atoms with Crippen molar-refractivity contribution in [1.82, 2.24) is 10.2 Å². The molecule has 4 rings (SSSR count). The number of aliphatic hydroxyl groups is 1. The molecule has 4 nitrogen and oxygen atoms in total. The van der Waals surface area contributed by atoms with Gasteiger partial charge in [0.05, 0.1) is 6.10 Å². The van der Waals surface area contributed by atoms with Gasteiger partial charge in [-0.2, -0.15) is 0 Å². The normalized spacial score (nSPS) is 33.0. The molecule has 0 radical (unpaired) electrons. The van der Waals surface area contributed by atoms with Crippen molar-refractivity contribution in [2.45, 2.75) is 69.3 Å². The second-order valence-electron chi connectivity index (χ2n) is 6.84. The largest absolute Gasteiger partial charge is 0.416 e. The summed E-state index contributed by atoms with van der Waals surface area (Å²) in [6.45, 7) is 3.64. The van der Waals surface area contributed by atoms with Crippen molar-refractivity contribution >= 4 is 22.6 Å². The van der Waals surface area contributed by atoms with Gasteiger partial charge in [0.15, 0.2) is 0 Å². The fraction of sp³-hybridized carbons (Fsp3) is 0.750. The Hall–Kier alpha value is -0.430. The fourth-order valence-electron chi connectivity index (χ4n) is 4.18. The zero-order valence-corrected chi connectivity index (χ0v) is 14.5. The Bertz CT molecular complexity index is 490. The van der Waals surface area contributed by atoms with Crippen LogP contribution in [-0.4, -0.2) is 21.4 Å². The maximum Gasteiger partial charge on any atom is 0.278 e. The molecule has 0 aromatic carbocycles. The first-order valence-corrected chi connectivity index (χ1v) is 8.96. The van der Waals surface area contributed by atoms with Gasteiger partial charge < -0.3 is 9.52 Å². The molecule has 0 spiro atoms. The lowest BCUT2D eigenvalue weighted by Crippen LogP contribution is -2.44. The first-order chi connectivity index (χ1) is 10.1. The van der Waals surface area contributed by atoms with Crippen LogP contribution in [0.3, 0.4) is 0 Å². The summed E-state index contributed by atoms with van der Waals surface area (Å²) in [5.74, 6) is 0.863. The van der Waals surface area contributed by atoms with E-state index in [2.05, 4.69) is 39.4 Å². The van der Waals surface area contributed by atoms with E-state index in [0.717, 1.165) is 18.7 Å². The lowest BCUT2D eigenvalue weighted by atomic mass is 9.52. The van der Waals surface area contributed by atoms with E-state index in [4.69, 9.17) is 4.42 Å². The van der Waals surface area contributed by atoms with Crippen molar-refractivity contribution in [3.05, 3.63) is 22.4 Å². The predicted molar refractivity (Wildman–Crippen MR) is 88.9 cm³/mol. The third kappa shape index (κ3) is 3.04. The molecular formula is C16H23IN2O2. The van der Waals surface area contributed by atoms with Gasteiger partial charge in [0.1, 0.15) is 0 Å². The molecule has 116 valence electrons. The van der Waals surface area contributed by atoms with Crippen molar-refractivity contribution in [1.29, 1.82) is 0 Å². The molecule has 3 aliphatic rings. The monoisotopic (exact) mass is 402 g/mol. The molecule has 21 heavy (non-hydrogen) atoms. The quantitative estimate of drug-likeness (QED) is 0.578. The minimum absolute atomic E-state index is 0.152. The van der Waals surface area contributed by atoms with Crippen LogP contribution in [0.1, 0.15) is 63.7 Å². The summed E-state index contributed by atoms with van der Waals surface area (Å²) in [7, 11) is 0. The molecule has 1 atom stereocenters. The van der Waals surface area contributed by atoms with E-state index in [1.807, 2.05) is 0 Å². The Morgan fingerprint density at radius 3 is 2.43 bits per heavy atom. The smallest absolute Gasteiger partial charge is 0.278 e. The summed E-state index contributed by atoms with van der Waals surface area (Å²) in [5, 5.41) is 17.9. The SMILES string of the molecule is C=CC(O)CCCC12CCC(c3nnc(I)o3)(CC1)CC2. The maximum atomic E-state index is 9.60. The van der Waals surface area contributed by atoms with Gasteiger partial charge in [-0.05, 0) is 56.8 Å². The first-order valence-electron chi connectivity index (χ1n) is 7.88.